The van der Waals surface area contributed by atoms with Gasteiger partial charge in [0, 0.05) is 19.8 Å². The van der Waals surface area contributed by atoms with Crippen LogP contribution in [0.2, 0.25) is 5.02 Å². The van der Waals surface area contributed by atoms with Crippen molar-refractivity contribution in [1.82, 2.24) is 9.47 Å². The van der Waals surface area contributed by atoms with Gasteiger partial charge in [-0.15, -0.1) is 0 Å². The Bertz CT molecular complexity index is 681. The van der Waals surface area contributed by atoms with Gasteiger partial charge in [-0.1, -0.05) is 35.9 Å². The average molecular weight is 305 g/mol. The van der Waals surface area contributed by atoms with Crippen LogP contribution in [-0.4, -0.2) is 33.6 Å². The molecule has 0 saturated heterocycles. The van der Waals surface area contributed by atoms with Gasteiger partial charge in [0.25, 0.3) is 5.91 Å². The molecule has 0 saturated carbocycles. The molecule has 1 aromatic heterocycles. The molecule has 1 aliphatic heterocycles. The highest BCUT2D eigenvalue weighted by Gasteiger charge is 2.31. The molecule has 0 aliphatic carbocycles. The van der Waals surface area contributed by atoms with E-state index in [0.29, 0.717) is 17.3 Å². The van der Waals surface area contributed by atoms with E-state index in [1.807, 2.05) is 18.2 Å². The van der Waals surface area contributed by atoms with Gasteiger partial charge in [0.15, 0.2) is 0 Å². The lowest BCUT2D eigenvalue weighted by Crippen LogP contribution is -2.42. The second-order valence-corrected chi connectivity index (χ2v) is 5.74. The van der Waals surface area contributed by atoms with Crippen LogP contribution in [0, 0.1) is 0 Å². The normalized spacial score (nSPS) is 17.7. The van der Waals surface area contributed by atoms with Crippen LogP contribution in [0.4, 0.5) is 0 Å². The van der Waals surface area contributed by atoms with E-state index < -0.39 is 0 Å². The van der Waals surface area contributed by atoms with E-state index in [9.17, 15) is 9.90 Å². The second kappa shape index (κ2) is 5.54. The predicted molar refractivity (Wildman–Crippen MR) is 81.4 cm³/mol. The van der Waals surface area contributed by atoms with Crippen molar-refractivity contribution in [1.29, 1.82) is 0 Å². The van der Waals surface area contributed by atoms with Crippen molar-refractivity contribution >= 4 is 17.5 Å². The highest BCUT2D eigenvalue weighted by Crippen LogP contribution is 2.30. The van der Waals surface area contributed by atoms with Crippen LogP contribution in [0.1, 0.15) is 27.7 Å². The largest absolute Gasteiger partial charge is 0.394 e. The summed E-state index contributed by atoms with van der Waals surface area (Å²) in [7, 11) is 1.80. The number of aryl methyl sites for hydroxylation is 1. The number of carbonyl (C=O) groups is 1. The summed E-state index contributed by atoms with van der Waals surface area (Å²) in [6.45, 7) is 0.519. The van der Waals surface area contributed by atoms with Crippen LogP contribution in [0.3, 0.4) is 0 Å². The monoisotopic (exact) mass is 304 g/mol. The number of rotatable bonds is 2. The van der Waals surface area contributed by atoms with Gasteiger partial charge >= 0.3 is 0 Å². The molecular formula is C16H17ClN2O2. The number of halogens is 1. The van der Waals surface area contributed by atoms with Crippen molar-refractivity contribution in [3.63, 3.8) is 0 Å². The molecular weight excluding hydrogens is 288 g/mol. The Kier molecular flexibility index (Phi) is 3.74. The molecule has 21 heavy (non-hydrogen) atoms. The van der Waals surface area contributed by atoms with Gasteiger partial charge in [-0.05, 0) is 23.6 Å². The molecule has 1 aromatic carbocycles. The summed E-state index contributed by atoms with van der Waals surface area (Å²) in [5, 5.41) is 10.3. The maximum absolute atomic E-state index is 12.7. The average Bonchev–Trinajstić information content (AvgIpc) is 2.84. The number of fused-ring (bicyclic) bond motifs is 1. The third-order valence-corrected chi connectivity index (χ3v) is 4.24. The maximum atomic E-state index is 12.7. The Hall–Kier alpha value is -1.78. The zero-order valence-electron chi connectivity index (χ0n) is 11.8. The van der Waals surface area contributed by atoms with Crippen molar-refractivity contribution in [2.24, 2.45) is 7.05 Å². The van der Waals surface area contributed by atoms with E-state index in [-0.39, 0.29) is 18.6 Å². The first kappa shape index (κ1) is 14.2. The lowest BCUT2D eigenvalue weighted by Gasteiger charge is -2.36. The molecule has 1 atom stereocenters. The third kappa shape index (κ3) is 2.45. The Morgan fingerprint density at radius 2 is 2.19 bits per heavy atom. The molecule has 2 heterocycles. The number of amides is 1. The number of carbonyl (C=O) groups excluding carboxylic acids is 1. The quantitative estimate of drug-likeness (QED) is 0.926. The molecule has 5 heteroatoms. The fourth-order valence-electron chi connectivity index (χ4n) is 2.98. The molecule has 1 aliphatic rings. The standard InChI is InChI=1S/C16H17ClN2O2/c1-18-9-12(17)8-14(18)16(21)19-7-6-11-4-2-3-5-13(11)15(19)10-20/h2-5,8-9,15,20H,6-7,10H2,1H3/t15-/m0/s1. The van der Waals surface area contributed by atoms with Crippen LogP contribution >= 0.6 is 11.6 Å². The number of aromatic nitrogens is 1. The van der Waals surface area contributed by atoms with Crippen molar-refractivity contribution in [3.05, 3.63) is 58.4 Å². The zero-order valence-corrected chi connectivity index (χ0v) is 12.5. The van der Waals surface area contributed by atoms with E-state index in [2.05, 4.69) is 6.07 Å². The molecule has 2 aromatic rings. The molecule has 4 nitrogen and oxygen atoms in total. The lowest BCUT2D eigenvalue weighted by atomic mass is 9.93. The van der Waals surface area contributed by atoms with Crippen LogP contribution < -0.4 is 0 Å². The lowest BCUT2D eigenvalue weighted by molar-refractivity contribution is 0.0559. The highest BCUT2D eigenvalue weighted by atomic mass is 35.5. The summed E-state index contributed by atoms with van der Waals surface area (Å²) in [6.07, 6.45) is 2.51. The number of nitrogens with zero attached hydrogens (tertiary/aromatic N) is 2. The molecule has 3 rings (SSSR count). The van der Waals surface area contributed by atoms with Crippen LogP contribution in [0.25, 0.3) is 0 Å². The third-order valence-electron chi connectivity index (χ3n) is 4.04. The smallest absolute Gasteiger partial charge is 0.271 e. The van der Waals surface area contributed by atoms with E-state index in [4.69, 9.17) is 11.6 Å². The van der Waals surface area contributed by atoms with Crippen molar-refractivity contribution < 1.29 is 9.90 Å². The van der Waals surface area contributed by atoms with Gasteiger partial charge < -0.3 is 14.6 Å². The Morgan fingerprint density at radius 3 is 2.86 bits per heavy atom. The Balaban J connectivity index is 1.96. The minimum Gasteiger partial charge on any atom is -0.394 e. The van der Waals surface area contributed by atoms with Crippen LogP contribution in [-0.2, 0) is 13.5 Å². The van der Waals surface area contributed by atoms with E-state index in [1.54, 1.807) is 28.8 Å². The summed E-state index contributed by atoms with van der Waals surface area (Å²) < 4.78 is 1.72. The molecule has 110 valence electrons. The Labute approximate surface area is 128 Å². The van der Waals surface area contributed by atoms with Crippen LogP contribution in [0.15, 0.2) is 36.5 Å². The minimum absolute atomic E-state index is 0.0824. The summed E-state index contributed by atoms with van der Waals surface area (Å²) in [6, 6.07) is 9.33. The van der Waals surface area contributed by atoms with E-state index >= 15 is 0 Å². The van der Waals surface area contributed by atoms with Gasteiger partial charge in [0.2, 0.25) is 0 Å². The minimum atomic E-state index is -0.295. The van der Waals surface area contributed by atoms with Gasteiger partial charge in [-0.25, -0.2) is 0 Å². The zero-order chi connectivity index (χ0) is 15.0. The SMILES string of the molecule is Cn1cc(Cl)cc1C(=O)N1CCc2ccccc2[C@@H]1CO. The van der Waals surface area contributed by atoms with Crippen molar-refractivity contribution in [2.75, 3.05) is 13.2 Å². The Morgan fingerprint density at radius 1 is 1.43 bits per heavy atom. The van der Waals surface area contributed by atoms with E-state index in [0.717, 1.165) is 12.0 Å². The first-order chi connectivity index (χ1) is 10.1. The summed E-state index contributed by atoms with van der Waals surface area (Å²) in [5.74, 6) is -0.0991. The number of hydrogen-bond donors (Lipinski definition) is 1. The molecule has 1 amide bonds. The van der Waals surface area contributed by atoms with Gasteiger partial charge in [-0.2, -0.15) is 0 Å². The molecule has 0 unspecified atom stereocenters. The first-order valence-electron chi connectivity index (χ1n) is 6.93. The molecule has 0 fully saturated rings. The fraction of sp³-hybridized carbons (Fsp3) is 0.312. The van der Waals surface area contributed by atoms with Gasteiger partial charge in [0.05, 0.1) is 17.7 Å². The maximum Gasteiger partial charge on any atom is 0.271 e. The number of benzene rings is 1. The van der Waals surface area contributed by atoms with E-state index in [1.165, 1.54) is 5.56 Å². The van der Waals surface area contributed by atoms with Crippen LogP contribution in [0.5, 0.6) is 0 Å². The molecule has 1 N–H and O–H groups in total. The summed E-state index contributed by atoms with van der Waals surface area (Å²) >= 11 is 5.96. The van der Waals surface area contributed by atoms with Gasteiger partial charge in [-0.3, -0.25) is 4.79 Å². The summed E-state index contributed by atoms with van der Waals surface area (Å²) in [5.41, 5.74) is 2.77. The molecule has 0 bridgehead atoms. The topological polar surface area (TPSA) is 45.5 Å². The number of aliphatic hydroxyl groups is 1. The highest BCUT2D eigenvalue weighted by molar-refractivity contribution is 6.31. The number of hydrogen-bond acceptors (Lipinski definition) is 2. The van der Waals surface area contributed by atoms with Crippen molar-refractivity contribution in [2.45, 2.75) is 12.5 Å². The fourth-order valence-corrected chi connectivity index (χ4v) is 3.23. The van der Waals surface area contributed by atoms with Gasteiger partial charge in [0.1, 0.15) is 5.69 Å². The second-order valence-electron chi connectivity index (χ2n) is 5.30. The number of aliphatic hydroxyl groups excluding tert-OH is 1. The summed E-state index contributed by atoms with van der Waals surface area (Å²) in [4.78, 5) is 14.5. The first-order valence-corrected chi connectivity index (χ1v) is 7.31. The van der Waals surface area contributed by atoms with Crippen molar-refractivity contribution in [3.8, 4) is 0 Å². The molecule has 0 spiro atoms. The molecule has 0 radical (unpaired) electrons. The predicted octanol–water partition coefficient (Wildman–Crippen LogP) is 2.41.